The van der Waals surface area contributed by atoms with Gasteiger partial charge in [0.05, 0.1) is 11.4 Å². The number of nitrogens with zero attached hydrogens (tertiary/aromatic N) is 2. The Morgan fingerprint density at radius 1 is 1.25 bits per heavy atom. The number of fused-ring (bicyclic) bond motifs is 1. The zero-order valence-corrected chi connectivity index (χ0v) is 13.4. The largest absolute Gasteiger partial charge is 0.311 e. The number of halogens is 1. The van der Waals surface area contributed by atoms with Crippen molar-refractivity contribution in [2.24, 2.45) is 0 Å². The van der Waals surface area contributed by atoms with Crippen molar-refractivity contribution < 1.29 is 0 Å². The minimum atomic E-state index is 0.427. The summed E-state index contributed by atoms with van der Waals surface area (Å²) < 4.78 is 1.06. The minimum absolute atomic E-state index is 0.427. The lowest BCUT2D eigenvalue weighted by atomic mass is 9.97. The van der Waals surface area contributed by atoms with Crippen molar-refractivity contribution in [1.82, 2.24) is 15.3 Å². The van der Waals surface area contributed by atoms with Crippen LogP contribution in [0.15, 0.2) is 28.7 Å². The van der Waals surface area contributed by atoms with E-state index in [1.807, 2.05) is 12.1 Å². The van der Waals surface area contributed by atoms with Crippen molar-refractivity contribution in [3.63, 3.8) is 0 Å². The number of hydrogen-bond acceptors (Lipinski definition) is 3. The molecule has 3 rings (SSSR count). The van der Waals surface area contributed by atoms with Gasteiger partial charge in [0.1, 0.15) is 0 Å². The molecule has 2 aromatic rings. The van der Waals surface area contributed by atoms with Gasteiger partial charge in [-0.3, -0.25) is 0 Å². The van der Waals surface area contributed by atoms with Crippen LogP contribution in [0.25, 0.3) is 11.4 Å². The van der Waals surface area contributed by atoms with Crippen LogP contribution in [-0.4, -0.2) is 16.5 Å². The summed E-state index contributed by atoms with van der Waals surface area (Å²) in [5.74, 6) is 1.26. The fourth-order valence-corrected chi connectivity index (χ4v) is 3.02. The molecule has 0 saturated carbocycles. The molecule has 1 aliphatic heterocycles. The predicted octanol–water partition coefficient (Wildman–Crippen LogP) is 3.68. The molecule has 0 fully saturated rings. The second kappa shape index (κ2) is 5.62. The van der Waals surface area contributed by atoms with Crippen LogP contribution in [0, 0.1) is 0 Å². The van der Waals surface area contributed by atoms with Crippen molar-refractivity contribution in [3.8, 4) is 11.4 Å². The third-order valence-electron chi connectivity index (χ3n) is 3.60. The molecule has 0 radical (unpaired) electrons. The van der Waals surface area contributed by atoms with Crippen molar-refractivity contribution >= 4 is 15.9 Å². The summed E-state index contributed by atoms with van der Waals surface area (Å²) in [5.41, 5.74) is 4.77. The molecule has 0 amide bonds. The smallest absolute Gasteiger partial charge is 0.159 e. The van der Waals surface area contributed by atoms with E-state index in [9.17, 15) is 0 Å². The van der Waals surface area contributed by atoms with Gasteiger partial charge >= 0.3 is 0 Å². The normalized spacial score (nSPS) is 14.4. The molecule has 3 nitrogen and oxygen atoms in total. The molecule has 2 heterocycles. The first-order chi connectivity index (χ1) is 9.65. The highest BCUT2D eigenvalue weighted by molar-refractivity contribution is 9.10. The van der Waals surface area contributed by atoms with Crippen molar-refractivity contribution in [2.75, 3.05) is 6.54 Å². The van der Waals surface area contributed by atoms with Crippen LogP contribution >= 0.6 is 15.9 Å². The first-order valence-electron chi connectivity index (χ1n) is 7.01. The summed E-state index contributed by atoms with van der Waals surface area (Å²) in [7, 11) is 0. The van der Waals surface area contributed by atoms with Gasteiger partial charge in [0, 0.05) is 16.6 Å². The zero-order chi connectivity index (χ0) is 14.1. The quantitative estimate of drug-likeness (QED) is 0.912. The maximum absolute atomic E-state index is 4.84. The highest BCUT2D eigenvalue weighted by atomic mass is 79.9. The van der Waals surface area contributed by atoms with Crippen LogP contribution in [0.4, 0.5) is 0 Å². The van der Waals surface area contributed by atoms with Gasteiger partial charge in [-0.05, 0) is 36.6 Å². The zero-order valence-electron chi connectivity index (χ0n) is 11.8. The summed E-state index contributed by atoms with van der Waals surface area (Å²) >= 11 is 3.51. The number of nitrogens with one attached hydrogen (secondary N) is 1. The third kappa shape index (κ3) is 2.63. The van der Waals surface area contributed by atoms with Crippen LogP contribution < -0.4 is 5.32 Å². The molecular formula is C16H18BrN3. The Morgan fingerprint density at radius 3 is 2.85 bits per heavy atom. The molecule has 4 heteroatoms. The van der Waals surface area contributed by atoms with Gasteiger partial charge in [0.15, 0.2) is 5.82 Å². The summed E-state index contributed by atoms with van der Waals surface area (Å²) in [6.07, 6.45) is 1.03. The van der Waals surface area contributed by atoms with Gasteiger partial charge in [0.2, 0.25) is 0 Å². The SMILES string of the molecule is CC(C)c1nc(-c2cccc(Br)c2)nc2c1CCNC2. The molecule has 0 spiro atoms. The molecule has 0 bridgehead atoms. The minimum Gasteiger partial charge on any atom is -0.311 e. The molecule has 0 unspecified atom stereocenters. The fourth-order valence-electron chi connectivity index (χ4n) is 2.62. The topological polar surface area (TPSA) is 37.8 Å². The van der Waals surface area contributed by atoms with Crippen molar-refractivity contribution in [3.05, 3.63) is 45.7 Å². The van der Waals surface area contributed by atoms with E-state index in [0.29, 0.717) is 5.92 Å². The number of benzene rings is 1. The molecule has 104 valence electrons. The molecule has 0 aliphatic carbocycles. The first kappa shape index (κ1) is 13.7. The second-order valence-electron chi connectivity index (χ2n) is 5.45. The maximum atomic E-state index is 4.84. The lowest BCUT2D eigenvalue weighted by Crippen LogP contribution is -2.27. The van der Waals surface area contributed by atoms with Gasteiger partial charge < -0.3 is 5.32 Å². The molecular weight excluding hydrogens is 314 g/mol. The fraction of sp³-hybridized carbons (Fsp3) is 0.375. The van der Waals surface area contributed by atoms with E-state index in [1.165, 1.54) is 11.3 Å². The van der Waals surface area contributed by atoms with Gasteiger partial charge in [-0.1, -0.05) is 41.9 Å². The Bertz CT molecular complexity index is 638. The van der Waals surface area contributed by atoms with Crippen LogP contribution in [0.2, 0.25) is 0 Å². The monoisotopic (exact) mass is 331 g/mol. The average molecular weight is 332 g/mol. The van der Waals surface area contributed by atoms with Gasteiger partial charge in [-0.15, -0.1) is 0 Å². The number of aromatic nitrogens is 2. The van der Waals surface area contributed by atoms with E-state index >= 15 is 0 Å². The molecule has 0 atom stereocenters. The first-order valence-corrected chi connectivity index (χ1v) is 7.81. The Labute approximate surface area is 128 Å². The number of hydrogen-bond donors (Lipinski definition) is 1. The van der Waals surface area contributed by atoms with Crippen molar-refractivity contribution in [1.29, 1.82) is 0 Å². The van der Waals surface area contributed by atoms with Crippen LogP contribution in [0.3, 0.4) is 0 Å². The van der Waals surface area contributed by atoms with Crippen molar-refractivity contribution in [2.45, 2.75) is 32.7 Å². The standard InChI is InChI=1S/C16H18BrN3/c1-10(2)15-13-6-7-18-9-14(13)19-16(20-15)11-4-3-5-12(17)8-11/h3-5,8,10,18H,6-7,9H2,1-2H3. The maximum Gasteiger partial charge on any atom is 0.159 e. The lowest BCUT2D eigenvalue weighted by Gasteiger charge is -2.21. The van der Waals surface area contributed by atoms with E-state index in [-0.39, 0.29) is 0 Å². The average Bonchev–Trinajstić information content (AvgIpc) is 2.46. The number of rotatable bonds is 2. The highest BCUT2D eigenvalue weighted by Crippen LogP contribution is 2.27. The summed E-state index contributed by atoms with van der Waals surface area (Å²) in [6.45, 7) is 6.27. The van der Waals surface area contributed by atoms with Gasteiger partial charge in [-0.25, -0.2) is 9.97 Å². The van der Waals surface area contributed by atoms with E-state index in [1.54, 1.807) is 0 Å². The summed E-state index contributed by atoms with van der Waals surface area (Å²) in [6, 6.07) is 8.18. The lowest BCUT2D eigenvalue weighted by molar-refractivity contribution is 0.609. The van der Waals surface area contributed by atoms with Gasteiger partial charge in [-0.2, -0.15) is 0 Å². The predicted molar refractivity (Wildman–Crippen MR) is 84.7 cm³/mol. The van der Waals surface area contributed by atoms with E-state index in [0.717, 1.165) is 41.1 Å². The summed E-state index contributed by atoms with van der Waals surface area (Å²) in [5, 5.41) is 3.40. The second-order valence-corrected chi connectivity index (χ2v) is 6.37. The molecule has 1 aliphatic rings. The molecule has 1 aromatic carbocycles. The molecule has 20 heavy (non-hydrogen) atoms. The van der Waals surface area contributed by atoms with Gasteiger partial charge in [0.25, 0.3) is 0 Å². The van der Waals surface area contributed by atoms with E-state index < -0.39 is 0 Å². The van der Waals surface area contributed by atoms with Crippen LogP contribution in [0.5, 0.6) is 0 Å². The third-order valence-corrected chi connectivity index (χ3v) is 4.09. The van der Waals surface area contributed by atoms with Crippen LogP contribution in [-0.2, 0) is 13.0 Å². The molecule has 1 aromatic heterocycles. The molecule has 1 N–H and O–H groups in total. The highest BCUT2D eigenvalue weighted by Gasteiger charge is 2.19. The Balaban J connectivity index is 2.15. The Kier molecular flexibility index (Phi) is 3.85. The Hall–Kier alpha value is -1.26. The van der Waals surface area contributed by atoms with E-state index in [2.05, 4.69) is 47.2 Å². The molecule has 0 saturated heterocycles. The summed E-state index contributed by atoms with van der Waals surface area (Å²) in [4.78, 5) is 9.61. The van der Waals surface area contributed by atoms with E-state index in [4.69, 9.17) is 9.97 Å². The van der Waals surface area contributed by atoms with Crippen LogP contribution in [0.1, 0.15) is 36.7 Å². The Morgan fingerprint density at radius 2 is 2.10 bits per heavy atom.